The summed E-state index contributed by atoms with van der Waals surface area (Å²) in [5.74, 6) is -1.48. The Bertz CT molecular complexity index is 923. The summed E-state index contributed by atoms with van der Waals surface area (Å²) in [4.78, 5) is 39.4. The predicted molar refractivity (Wildman–Crippen MR) is 114 cm³/mol. The van der Waals surface area contributed by atoms with Crippen molar-refractivity contribution in [2.45, 2.75) is 26.8 Å². The van der Waals surface area contributed by atoms with Crippen molar-refractivity contribution in [1.82, 2.24) is 19.5 Å². The van der Waals surface area contributed by atoms with E-state index in [0.29, 0.717) is 49.8 Å². The number of esters is 2. The number of nitrogens with zero attached hydrogens (tertiary/aromatic N) is 5. The molecule has 0 unspecified atom stereocenters. The van der Waals surface area contributed by atoms with Crippen molar-refractivity contribution in [2.24, 2.45) is 5.92 Å². The van der Waals surface area contributed by atoms with Gasteiger partial charge in [-0.2, -0.15) is 9.97 Å². The summed E-state index contributed by atoms with van der Waals surface area (Å²) in [6.07, 6.45) is 5.42. The predicted octanol–water partition coefficient (Wildman–Crippen LogP) is 2.00. The molecule has 11 heteroatoms. The largest absolute Gasteiger partial charge is 0.465 e. The lowest BCUT2D eigenvalue weighted by atomic mass is 10.1. The van der Waals surface area contributed by atoms with Crippen LogP contribution in [0.15, 0.2) is 18.5 Å². The van der Waals surface area contributed by atoms with E-state index in [1.54, 1.807) is 26.3 Å². The molecule has 0 spiro atoms. The molecule has 1 fully saturated rings. The van der Waals surface area contributed by atoms with Gasteiger partial charge in [0.25, 0.3) is 0 Å². The van der Waals surface area contributed by atoms with Gasteiger partial charge in [0.05, 0.1) is 32.8 Å². The fraction of sp³-hybridized carbons (Fsp3) is 0.550. The van der Waals surface area contributed by atoms with Crippen LogP contribution >= 0.6 is 11.6 Å². The quantitative estimate of drug-likeness (QED) is 0.245. The number of anilines is 1. The van der Waals surface area contributed by atoms with Crippen LogP contribution in [0.4, 0.5) is 5.82 Å². The average Bonchev–Trinajstić information content (AvgIpc) is 3.16. The molecule has 2 aromatic heterocycles. The zero-order valence-corrected chi connectivity index (χ0v) is 18.4. The number of carbonyl (C=O) groups is 2. The van der Waals surface area contributed by atoms with Crippen molar-refractivity contribution >= 4 is 40.5 Å². The van der Waals surface area contributed by atoms with E-state index in [9.17, 15) is 9.59 Å². The van der Waals surface area contributed by atoms with Crippen LogP contribution in [0.1, 0.15) is 20.3 Å². The normalized spacial score (nSPS) is 14.5. The summed E-state index contributed by atoms with van der Waals surface area (Å²) < 4.78 is 17.2. The van der Waals surface area contributed by atoms with E-state index in [4.69, 9.17) is 25.8 Å². The number of aromatic nitrogens is 4. The number of morpholine rings is 1. The smallest absolute Gasteiger partial charge is 0.320 e. The van der Waals surface area contributed by atoms with Gasteiger partial charge in [-0.05, 0) is 31.9 Å². The number of hydrogen-bond acceptors (Lipinski definition) is 9. The fourth-order valence-electron chi connectivity index (χ4n) is 3.23. The van der Waals surface area contributed by atoms with Gasteiger partial charge in [-0.15, -0.1) is 0 Å². The summed E-state index contributed by atoms with van der Waals surface area (Å²) >= 11 is 6.16. The Kier molecular flexibility index (Phi) is 8.19. The minimum absolute atomic E-state index is 0.143. The molecule has 1 saturated heterocycles. The van der Waals surface area contributed by atoms with Gasteiger partial charge in [0.15, 0.2) is 22.9 Å². The molecule has 0 aliphatic carbocycles. The second kappa shape index (κ2) is 11.1. The minimum Gasteiger partial charge on any atom is -0.465 e. The topological polar surface area (TPSA) is 109 Å². The van der Waals surface area contributed by atoms with Crippen molar-refractivity contribution in [1.29, 1.82) is 0 Å². The molecule has 0 saturated carbocycles. The third kappa shape index (κ3) is 5.71. The SMILES string of the molecule is CCOC(=O)C(C/C=C/Cn1cnc2c(N3CCOCC3)nc(Cl)nc21)C(=O)OCC. The van der Waals surface area contributed by atoms with Crippen molar-refractivity contribution in [3.05, 3.63) is 23.8 Å². The third-order valence-corrected chi connectivity index (χ3v) is 4.88. The van der Waals surface area contributed by atoms with E-state index in [1.165, 1.54) is 0 Å². The van der Waals surface area contributed by atoms with Crippen LogP contribution < -0.4 is 4.90 Å². The highest BCUT2D eigenvalue weighted by atomic mass is 35.5. The van der Waals surface area contributed by atoms with Gasteiger partial charge in [0.2, 0.25) is 5.28 Å². The number of allylic oxidation sites excluding steroid dienone is 2. The van der Waals surface area contributed by atoms with Gasteiger partial charge in [0.1, 0.15) is 0 Å². The molecule has 168 valence electrons. The van der Waals surface area contributed by atoms with Crippen LogP contribution in [-0.4, -0.2) is 71.0 Å². The van der Waals surface area contributed by atoms with E-state index in [0.717, 1.165) is 0 Å². The molecule has 0 atom stereocenters. The number of fused-ring (bicyclic) bond motifs is 1. The maximum absolute atomic E-state index is 12.1. The highest BCUT2D eigenvalue weighted by Crippen LogP contribution is 2.25. The van der Waals surface area contributed by atoms with E-state index in [-0.39, 0.29) is 24.9 Å². The number of carbonyl (C=O) groups excluding carboxylic acids is 2. The summed E-state index contributed by atoms with van der Waals surface area (Å²) in [6.45, 7) is 6.87. The number of imidazole rings is 1. The van der Waals surface area contributed by atoms with Gasteiger partial charge in [-0.25, -0.2) is 4.98 Å². The zero-order chi connectivity index (χ0) is 22.2. The van der Waals surface area contributed by atoms with E-state index in [1.807, 2.05) is 10.6 Å². The molecule has 0 bridgehead atoms. The molecule has 0 radical (unpaired) electrons. The molecule has 0 aromatic carbocycles. The molecule has 1 aliphatic rings. The molecule has 3 heterocycles. The Hall–Kier alpha value is -2.72. The first kappa shape index (κ1) is 23.0. The summed E-state index contributed by atoms with van der Waals surface area (Å²) in [7, 11) is 0. The minimum atomic E-state index is -0.986. The van der Waals surface area contributed by atoms with Crippen molar-refractivity contribution < 1.29 is 23.8 Å². The Morgan fingerprint density at radius 1 is 1.16 bits per heavy atom. The summed E-state index contributed by atoms with van der Waals surface area (Å²) in [6, 6.07) is 0. The Labute approximate surface area is 185 Å². The van der Waals surface area contributed by atoms with E-state index >= 15 is 0 Å². The lowest BCUT2D eigenvalue weighted by Gasteiger charge is -2.27. The first-order valence-corrected chi connectivity index (χ1v) is 10.6. The van der Waals surface area contributed by atoms with Crippen LogP contribution in [0.2, 0.25) is 5.28 Å². The molecular weight excluding hydrogens is 426 g/mol. The number of ether oxygens (including phenoxy) is 3. The number of rotatable bonds is 9. The standard InChI is InChI=1S/C20H26ClN5O5/c1-3-30-18(27)14(19(28)31-4-2)7-5-6-8-26-13-22-15-16(23-20(21)24-17(15)26)25-9-11-29-12-10-25/h5-6,13-14H,3-4,7-12H2,1-2H3/b6-5+. The van der Waals surface area contributed by atoms with Gasteiger partial charge < -0.3 is 23.7 Å². The van der Waals surface area contributed by atoms with Gasteiger partial charge in [-0.3, -0.25) is 9.59 Å². The van der Waals surface area contributed by atoms with Gasteiger partial charge in [0, 0.05) is 19.6 Å². The number of hydrogen-bond donors (Lipinski definition) is 0. The first-order chi connectivity index (χ1) is 15.0. The molecular formula is C20H26ClN5O5. The second-order valence-corrected chi connectivity index (χ2v) is 7.09. The second-order valence-electron chi connectivity index (χ2n) is 6.75. The summed E-state index contributed by atoms with van der Waals surface area (Å²) in [5, 5.41) is 0.143. The fourth-order valence-corrected chi connectivity index (χ4v) is 3.39. The molecule has 31 heavy (non-hydrogen) atoms. The molecule has 2 aromatic rings. The molecule has 1 aliphatic heterocycles. The molecule has 0 N–H and O–H groups in total. The van der Waals surface area contributed by atoms with Crippen LogP contribution in [0.5, 0.6) is 0 Å². The van der Waals surface area contributed by atoms with Crippen molar-refractivity contribution in [3.8, 4) is 0 Å². The highest BCUT2D eigenvalue weighted by Gasteiger charge is 2.28. The Morgan fingerprint density at radius 3 is 2.48 bits per heavy atom. The molecule has 3 rings (SSSR count). The van der Waals surface area contributed by atoms with Crippen LogP contribution in [0.25, 0.3) is 11.2 Å². The summed E-state index contributed by atoms with van der Waals surface area (Å²) in [5.41, 5.74) is 1.27. The number of halogens is 1. The maximum Gasteiger partial charge on any atom is 0.320 e. The van der Waals surface area contributed by atoms with Crippen LogP contribution in [-0.2, 0) is 30.3 Å². The third-order valence-electron chi connectivity index (χ3n) is 4.71. The molecule has 10 nitrogen and oxygen atoms in total. The zero-order valence-electron chi connectivity index (χ0n) is 17.6. The Morgan fingerprint density at radius 2 is 1.84 bits per heavy atom. The average molecular weight is 452 g/mol. The molecule has 0 amide bonds. The van der Waals surface area contributed by atoms with E-state index in [2.05, 4.69) is 19.9 Å². The van der Waals surface area contributed by atoms with Crippen LogP contribution in [0, 0.1) is 5.92 Å². The van der Waals surface area contributed by atoms with Crippen molar-refractivity contribution in [3.63, 3.8) is 0 Å². The van der Waals surface area contributed by atoms with Crippen molar-refractivity contribution in [2.75, 3.05) is 44.4 Å². The van der Waals surface area contributed by atoms with Gasteiger partial charge >= 0.3 is 11.9 Å². The lowest BCUT2D eigenvalue weighted by Crippen LogP contribution is -2.37. The highest BCUT2D eigenvalue weighted by molar-refractivity contribution is 6.28. The lowest BCUT2D eigenvalue weighted by molar-refractivity contribution is -0.161. The van der Waals surface area contributed by atoms with Gasteiger partial charge in [-0.1, -0.05) is 12.2 Å². The van der Waals surface area contributed by atoms with Crippen LogP contribution in [0.3, 0.4) is 0 Å². The monoisotopic (exact) mass is 451 g/mol. The Balaban J connectivity index is 1.72. The first-order valence-electron chi connectivity index (χ1n) is 10.2. The van der Waals surface area contributed by atoms with E-state index < -0.39 is 17.9 Å². The maximum atomic E-state index is 12.1.